The third-order valence-electron chi connectivity index (χ3n) is 6.50. The summed E-state index contributed by atoms with van der Waals surface area (Å²) >= 11 is 0. The molecule has 1 aromatic rings. The van der Waals surface area contributed by atoms with E-state index in [0.717, 1.165) is 12.1 Å². The zero-order chi connectivity index (χ0) is 16.7. The lowest BCUT2D eigenvalue weighted by Crippen LogP contribution is -2.42. The fourth-order valence-electron chi connectivity index (χ4n) is 5.37. The highest BCUT2D eigenvalue weighted by atomic mass is 16.6. The van der Waals surface area contributed by atoms with E-state index in [4.69, 9.17) is 4.74 Å². The number of rotatable bonds is 2. The summed E-state index contributed by atoms with van der Waals surface area (Å²) < 4.78 is 5.62. The predicted molar refractivity (Wildman–Crippen MR) is 94.1 cm³/mol. The van der Waals surface area contributed by atoms with Gasteiger partial charge in [0.15, 0.2) is 0 Å². The Labute approximate surface area is 144 Å². The molecule has 0 amide bonds. The normalized spacial score (nSPS) is 38.7. The molecule has 1 aromatic heterocycles. The predicted octanol–water partition coefficient (Wildman–Crippen LogP) is 4.41. The summed E-state index contributed by atoms with van der Waals surface area (Å²) in [4.78, 5) is 16.8. The van der Waals surface area contributed by atoms with Gasteiger partial charge in [0.2, 0.25) is 0 Å². The molecule has 2 saturated carbocycles. The number of hydrogen-bond acceptors (Lipinski definition) is 3. The van der Waals surface area contributed by atoms with E-state index in [1.807, 2.05) is 6.20 Å². The van der Waals surface area contributed by atoms with Gasteiger partial charge in [0.1, 0.15) is 6.10 Å². The largest absolute Gasteiger partial charge is 0.462 e. The second-order valence-electron chi connectivity index (χ2n) is 7.97. The quantitative estimate of drug-likeness (QED) is 0.756. The summed E-state index contributed by atoms with van der Waals surface area (Å²) in [6.45, 7) is 4.14. The molecule has 128 valence electrons. The maximum Gasteiger partial charge on any atom is 0.309 e. The van der Waals surface area contributed by atoms with Crippen LogP contribution in [0.2, 0.25) is 0 Å². The van der Waals surface area contributed by atoms with Crippen molar-refractivity contribution < 1.29 is 9.53 Å². The van der Waals surface area contributed by atoms with E-state index in [1.165, 1.54) is 31.2 Å². The van der Waals surface area contributed by atoms with Crippen LogP contribution < -0.4 is 0 Å². The van der Waals surface area contributed by atoms with Crippen molar-refractivity contribution in [1.29, 1.82) is 0 Å². The zero-order valence-corrected chi connectivity index (χ0v) is 14.7. The number of fused-ring (bicyclic) bond motifs is 2. The third kappa shape index (κ3) is 2.78. The Balaban J connectivity index is 1.63. The number of carbonyl (C=O) groups excluding carboxylic acids is 1. The lowest BCUT2D eigenvalue weighted by Gasteiger charge is -2.45. The van der Waals surface area contributed by atoms with E-state index in [-0.39, 0.29) is 18.0 Å². The Hall–Kier alpha value is -1.64. The van der Waals surface area contributed by atoms with Gasteiger partial charge in [-0.3, -0.25) is 9.78 Å². The summed E-state index contributed by atoms with van der Waals surface area (Å²) in [6, 6.07) is 4.18. The average molecular weight is 325 g/mol. The van der Waals surface area contributed by atoms with E-state index in [9.17, 15) is 4.79 Å². The van der Waals surface area contributed by atoms with Crippen LogP contribution in [0.25, 0.3) is 6.08 Å². The van der Waals surface area contributed by atoms with Crippen LogP contribution >= 0.6 is 0 Å². The second kappa shape index (κ2) is 6.34. The van der Waals surface area contributed by atoms with Crippen molar-refractivity contribution in [2.45, 2.75) is 52.1 Å². The first-order valence-electron chi connectivity index (χ1n) is 9.45. The molecule has 24 heavy (non-hydrogen) atoms. The fraction of sp³-hybridized carbons (Fsp3) is 0.619. The average Bonchev–Trinajstić information content (AvgIpc) is 2.87. The first-order chi connectivity index (χ1) is 11.6. The van der Waals surface area contributed by atoms with Crippen LogP contribution in [0.3, 0.4) is 0 Å². The molecule has 0 aromatic carbocycles. The molecular formula is C21H27NO2. The summed E-state index contributed by atoms with van der Waals surface area (Å²) in [5.74, 6) is 2.35. The van der Waals surface area contributed by atoms with Gasteiger partial charge in [0.05, 0.1) is 11.6 Å². The highest BCUT2D eigenvalue weighted by Gasteiger charge is 2.53. The minimum atomic E-state index is 0.0448. The van der Waals surface area contributed by atoms with Crippen molar-refractivity contribution in [3.8, 4) is 0 Å². The van der Waals surface area contributed by atoms with E-state index >= 15 is 0 Å². The van der Waals surface area contributed by atoms with Gasteiger partial charge in [-0.15, -0.1) is 0 Å². The lowest BCUT2D eigenvalue weighted by atomic mass is 9.57. The molecule has 0 bridgehead atoms. The number of hydrogen-bond donors (Lipinski definition) is 0. The SMILES string of the molecule is Cc1ccc(/C=C/[C@@H]2[C@H]3CCCC[C@@H]3C[C@@H]3C(=O)O[C@@H](C)[C@H]23)nc1. The monoisotopic (exact) mass is 325 g/mol. The summed E-state index contributed by atoms with van der Waals surface area (Å²) in [5.41, 5.74) is 2.19. The molecule has 1 aliphatic heterocycles. The van der Waals surface area contributed by atoms with E-state index in [1.54, 1.807) is 0 Å². The standard InChI is InChI=1S/C21H27NO2/c1-13-7-8-16(22-12-13)9-10-18-17-6-4-3-5-15(17)11-19-20(18)14(2)24-21(19)23/h7-10,12,14-15,17-20H,3-6,11H2,1-2H3/b10-9+/t14-,15+,17-,18+,19-,20+/m0/s1. The molecule has 3 heteroatoms. The summed E-state index contributed by atoms with van der Waals surface area (Å²) in [7, 11) is 0. The van der Waals surface area contributed by atoms with Crippen molar-refractivity contribution >= 4 is 12.0 Å². The number of nitrogens with zero attached hydrogens (tertiary/aromatic N) is 1. The molecule has 0 N–H and O–H groups in total. The van der Waals surface area contributed by atoms with Gasteiger partial charge < -0.3 is 4.74 Å². The molecule has 2 aliphatic carbocycles. The van der Waals surface area contributed by atoms with E-state index in [0.29, 0.717) is 23.7 Å². The number of carbonyl (C=O) groups is 1. The molecule has 6 atom stereocenters. The van der Waals surface area contributed by atoms with E-state index in [2.05, 4.69) is 43.1 Å². The molecule has 0 unspecified atom stereocenters. The van der Waals surface area contributed by atoms with Crippen molar-refractivity contribution in [3.63, 3.8) is 0 Å². The minimum absolute atomic E-state index is 0.0448. The minimum Gasteiger partial charge on any atom is -0.462 e. The smallest absolute Gasteiger partial charge is 0.309 e. The van der Waals surface area contributed by atoms with Crippen LogP contribution in [0, 0.1) is 36.5 Å². The Kier molecular flexibility index (Phi) is 4.19. The number of aromatic nitrogens is 1. The molecule has 1 saturated heterocycles. The number of cyclic esters (lactones) is 1. The van der Waals surface area contributed by atoms with Gasteiger partial charge >= 0.3 is 5.97 Å². The van der Waals surface area contributed by atoms with E-state index < -0.39 is 0 Å². The molecule has 3 aliphatic rings. The highest BCUT2D eigenvalue weighted by Crippen LogP contribution is 2.53. The summed E-state index contributed by atoms with van der Waals surface area (Å²) in [5, 5.41) is 0. The number of allylic oxidation sites excluding steroid dienone is 1. The van der Waals surface area contributed by atoms with Gasteiger partial charge in [0.25, 0.3) is 0 Å². The Morgan fingerprint density at radius 2 is 2.08 bits per heavy atom. The van der Waals surface area contributed by atoms with Gasteiger partial charge in [-0.05, 0) is 62.1 Å². The molecular weight excluding hydrogens is 298 g/mol. The van der Waals surface area contributed by atoms with Crippen LogP contribution in [-0.4, -0.2) is 17.1 Å². The Bertz CT molecular complexity index is 636. The van der Waals surface area contributed by atoms with Crippen molar-refractivity contribution in [2.75, 3.05) is 0 Å². The number of pyridine rings is 1. The van der Waals surface area contributed by atoms with Crippen LogP contribution in [0.4, 0.5) is 0 Å². The molecule has 0 radical (unpaired) electrons. The highest BCUT2D eigenvalue weighted by molar-refractivity contribution is 5.75. The van der Waals surface area contributed by atoms with Crippen LogP contribution in [0.15, 0.2) is 24.4 Å². The van der Waals surface area contributed by atoms with Crippen LogP contribution in [-0.2, 0) is 9.53 Å². The number of ether oxygens (including phenoxy) is 1. The van der Waals surface area contributed by atoms with Gasteiger partial charge in [-0.2, -0.15) is 0 Å². The molecule has 0 spiro atoms. The lowest BCUT2D eigenvalue weighted by molar-refractivity contribution is -0.144. The topological polar surface area (TPSA) is 39.2 Å². The van der Waals surface area contributed by atoms with Crippen molar-refractivity contribution in [3.05, 3.63) is 35.7 Å². The summed E-state index contributed by atoms with van der Waals surface area (Å²) in [6.07, 6.45) is 12.7. The molecule has 4 rings (SSSR count). The first kappa shape index (κ1) is 15.9. The first-order valence-corrected chi connectivity index (χ1v) is 9.45. The number of esters is 1. The second-order valence-corrected chi connectivity index (χ2v) is 7.97. The Morgan fingerprint density at radius 1 is 1.25 bits per heavy atom. The Morgan fingerprint density at radius 3 is 2.88 bits per heavy atom. The van der Waals surface area contributed by atoms with Gasteiger partial charge in [0, 0.05) is 12.1 Å². The maximum absolute atomic E-state index is 12.3. The van der Waals surface area contributed by atoms with Gasteiger partial charge in [-0.25, -0.2) is 0 Å². The maximum atomic E-state index is 12.3. The van der Waals surface area contributed by atoms with Crippen molar-refractivity contribution in [2.24, 2.45) is 29.6 Å². The van der Waals surface area contributed by atoms with Gasteiger partial charge in [-0.1, -0.05) is 31.4 Å². The molecule has 3 fully saturated rings. The fourth-order valence-corrected chi connectivity index (χ4v) is 5.37. The molecule has 2 heterocycles. The molecule has 3 nitrogen and oxygen atoms in total. The third-order valence-corrected chi connectivity index (χ3v) is 6.50. The van der Waals surface area contributed by atoms with Crippen LogP contribution in [0.5, 0.6) is 0 Å². The van der Waals surface area contributed by atoms with Crippen LogP contribution in [0.1, 0.15) is 50.3 Å². The van der Waals surface area contributed by atoms with Crippen molar-refractivity contribution in [1.82, 2.24) is 4.98 Å². The number of aryl methyl sites for hydroxylation is 1. The zero-order valence-electron chi connectivity index (χ0n) is 14.7.